The molecule has 1 aliphatic heterocycles. The van der Waals surface area contributed by atoms with Gasteiger partial charge in [0.25, 0.3) is 5.92 Å². The zero-order valence-corrected chi connectivity index (χ0v) is 5.61. The van der Waals surface area contributed by atoms with Crippen molar-refractivity contribution in [2.24, 2.45) is 0 Å². The molecule has 2 nitrogen and oxygen atoms in total. The van der Waals surface area contributed by atoms with E-state index in [1.54, 1.807) is 0 Å². The Morgan fingerprint density at radius 2 is 2.30 bits per heavy atom. The lowest BCUT2D eigenvalue weighted by molar-refractivity contribution is -0.0745. The Balaban J connectivity index is 2.51. The van der Waals surface area contributed by atoms with Crippen LogP contribution in [0.2, 0.25) is 0 Å². The van der Waals surface area contributed by atoms with Crippen LogP contribution in [-0.2, 0) is 0 Å². The van der Waals surface area contributed by atoms with Gasteiger partial charge in [0.15, 0.2) is 0 Å². The van der Waals surface area contributed by atoms with Crippen molar-refractivity contribution in [3.8, 4) is 0 Å². The number of alkyl halides is 2. The summed E-state index contributed by atoms with van der Waals surface area (Å²) >= 11 is 0. The first-order chi connectivity index (χ1) is 4.67. The van der Waals surface area contributed by atoms with E-state index in [9.17, 15) is 8.78 Å². The van der Waals surface area contributed by atoms with E-state index in [-0.39, 0.29) is 6.42 Å². The van der Waals surface area contributed by atoms with Gasteiger partial charge in [-0.3, -0.25) is 0 Å². The second-order valence-electron chi connectivity index (χ2n) is 2.55. The summed E-state index contributed by atoms with van der Waals surface area (Å²) in [6.45, 7) is 0.105. The molecule has 0 radical (unpaired) electrons. The van der Waals surface area contributed by atoms with Crippen LogP contribution in [0.4, 0.5) is 8.78 Å². The number of aliphatic hydroxyl groups excluding tert-OH is 1. The number of aliphatic hydroxyl groups is 1. The number of hydrogen-bond donors (Lipinski definition) is 2. The highest BCUT2D eigenvalue weighted by molar-refractivity contribution is 4.86. The number of hydrogen-bond acceptors (Lipinski definition) is 2. The first-order valence-electron chi connectivity index (χ1n) is 3.39. The van der Waals surface area contributed by atoms with Gasteiger partial charge in [-0.25, -0.2) is 8.78 Å². The van der Waals surface area contributed by atoms with E-state index < -0.39 is 18.6 Å². The normalized spacial score (nSPS) is 32.1. The van der Waals surface area contributed by atoms with Gasteiger partial charge in [-0.05, 0) is 13.0 Å². The highest BCUT2D eigenvalue weighted by Crippen LogP contribution is 2.27. The SMILES string of the molecule is OCC1NCCCC1(F)F. The minimum Gasteiger partial charge on any atom is -0.395 e. The Bertz CT molecular complexity index is 118. The molecule has 1 atom stereocenters. The van der Waals surface area contributed by atoms with Gasteiger partial charge in [0.1, 0.15) is 0 Å². The fourth-order valence-electron chi connectivity index (χ4n) is 1.12. The zero-order chi connectivity index (χ0) is 7.61. The van der Waals surface area contributed by atoms with Crippen LogP contribution in [-0.4, -0.2) is 30.2 Å². The molecule has 0 aromatic heterocycles. The molecular weight excluding hydrogens is 140 g/mol. The Labute approximate surface area is 58.2 Å². The van der Waals surface area contributed by atoms with Gasteiger partial charge in [-0.1, -0.05) is 0 Å². The van der Waals surface area contributed by atoms with Crippen molar-refractivity contribution < 1.29 is 13.9 Å². The Morgan fingerprint density at radius 3 is 2.70 bits per heavy atom. The van der Waals surface area contributed by atoms with E-state index in [0.29, 0.717) is 13.0 Å². The summed E-state index contributed by atoms with van der Waals surface area (Å²) in [6, 6.07) is -1.03. The Kier molecular flexibility index (Phi) is 2.21. The minimum absolute atomic E-state index is 0.106. The van der Waals surface area contributed by atoms with Crippen LogP contribution in [0.1, 0.15) is 12.8 Å². The summed E-state index contributed by atoms with van der Waals surface area (Å²) in [5.41, 5.74) is 0. The van der Waals surface area contributed by atoms with Crippen LogP contribution in [0, 0.1) is 0 Å². The van der Waals surface area contributed by atoms with Gasteiger partial charge >= 0.3 is 0 Å². The topological polar surface area (TPSA) is 32.3 Å². The molecule has 0 amide bonds. The van der Waals surface area contributed by atoms with Crippen molar-refractivity contribution in [2.75, 3.05) is 13.2 Å². The average molecular weight is 151 g/mol. The molecule has 0 saturated carbocycles. The molecule has 2 N–H and O–H groups in total. The summed E-state index contributed by atoms with van der Waals surface area (Å²) in [7, 11) is 0. The van der Waals surface area contributed by atoms with Crippen molar-refractivity contribution in [1.29, 1.82) is 0 Å². The molecule has 10 heavy (non-hydrogen) atoms. The average Bonchev–Trinajstić information content (AvgIpc) is 1.87. The van der Waals surface area contributed by atoms with Crippen LogP contribution in [0.5, 0.6) is 0 Å². The molecule has 1 unspecified atom stereocenters. The van der Waals surface area contributed by atoms with Crippen LogP contribution in [0.3, 0.4) is 0 Å². The predicted molar refractivity (Wildman–Crippen MR) is 33.1 cm³/mol. The second kappa shape index (κ2) is 2.80. The molecule has 4 heteroatoms. The molecular formula is C6H11F2NO. The standard InChI is InChI=1S/C6H11F2NO/c7-6(8)2-1-3-9-5(6)4-10/h5,9-10H,1-4H2. The fourth-order valence-corrected chi connectivity index (χ4v) is 1.12. The third-order valence-electron chi connectivity index (χ3n) is 1.77. The third kappa shape index (κ3) is 1.44. The summed E-state index contributed by atoms with van der Waals surface area (Å²) < 4.78 is 25.3. The maximum absolute atomic E-state index is 12.6. The van der Waals surface area contributed by atoms with Gasteiger partial charge in [-0.2, -0.15) is 0 Å². The molecule has 1 rings (SSSR count). The van der Waals surface area contributed by atoms with Gasteiger partial charge < -0.3 is 10.4 Å². The first-order valence-corrected chi connectivity index (χ1v) is 3.39. The number of nitrogens with one attached hydrogen (secondary N) is 1. The van der Waals surface area contributed by atoms with Crippen molar-refractivity contribution in [2.45, 2.75) is 24.8 Å². The van der Waals surface area contributed by atoms with Gasteiger partial charge in [0.2, 0.25) is 0 Å². The fraction of sp³-hybridized carbons (Fsp3) is 1.00. The van der Waals surface area contributed by atoms with Gasteiger partial charge in [0.05, 0.1) is 12.6 Å². The number of halogens is 2. The summed E-state index contributed by atoms with van der Waals surface area (Å²) in [6.07, 6.45) is 0.384. The third-order valence-corrected chi connectivity index (χ3v) is 1.77. The number of rotatable bonds is 1. The maximum Gasteiger partial charge on any atom is 0.265 e. The quantitative estimate of drug-likeness (QED) is 0.567. The Morgan fingerprint density at radius 1 is 1.60 bits per heavy atom. The highest BCUT2D eigenvalue weighted by Gasteiger charge is 2.40. The summed E-state index contributed by atoms with van der Waals surface area (Å²) in [5, 5.41) is 11.0. The van der Waals surface area contributed by atoms with E-state index in [1.807, 2.05) is 0 Å². The molecule has 0 aromatic rings. The summed E-state index contributed by atoms with van der Waals surface area (Å²) in [4.78, 5) is 0. The lowest BCUT2D eigenvalue weighted by Gasteiger charge is -2.30. The van der Waals surface area contributed by atoms with E-state index in [2.05, 4.69) is 5.32 Å². The molecule has 0 aliphatic carbocycles. The van der Waals surface area contributed by atoms with E-state index >= 15 is 0 Å². The second-order valence-corrected chi connectivity index (χ2v) is 2.55. The molecule has 1 fully saturated rings. The van der Waals surface area contributed by atoms with E-state index in [1.165, 1.54) is 0 Å². The zero-order valence-electron chi connectivity index (χ0n) is 5.61. The van der Waals surface area contributed by atoms with E-state index in [4.69, 9.17) is 5.11 Å². The Hall–Kier alpha value is -0.220. The molecule has 1 saturated heterocycles. The molecule has 0 spiro atoms. The molecule has 1 aliphatic rings. The van der Waals surface area contributed by atoms with Crippen molar-refractivity contribution in [3.63, 3.8) is 0 Å². The largest absolute Gasteiger partial charge is 0.395 e. The number of piperidine rings is 1. The lowest BCUT2D eigenvalue weighted by atomic mass is 10.0. The predicted octanol–water partition coefficient (Wildman–Crippen LogP) is 0.366. The monoisotopic (exact) mass is 151 g/mol. The van der Waals surface area contributed by atoms with Crippen LogP contribution in [0.25, 0.3) is 0 Å². The van der Waals surface area contributed by atoms with Gasteiger partial charge in [-0.15, -0.1) is 0 Å². The van der Waals surface area contributed by atoms with Crippen LogP contribution < -0.4 is 5.32 Å². The molecule has 1 heterocycles. The molecule has 60 valence electrons. The maximum atomic E-state index is 12.6. The summed E-state index contributed by atoms with van der Waals surface area (Å²) in [5.74, 6) is -2.72. The van der Waals surface area contributed by atoms with Crippen molar-refractivity contribution in [3.05, 3.63) is 0 Å². The van der Waals surface area contributed by atoms with E-state index in [0.717, 1.165) is 0 Å². The van der Waals surface area contributed by atoms with Gasteiger partial charge in [0, 0.05) is 6.42 Å². The highest BCUT2D eigenvalue weighted by atomic mass is 19.3. The first kappa shape index (κ1) is 7.88. The van der Waals surface area contributed by atoms with Crippen LogP contribution >= 0.6 is 0 Å². The van der Waals surface area contributed by atoms with Crippen molar-refractivity contribution in [1.82, 2.24) is 5.32 Å². The lowest BCUT2D eigenvalue weighted by Crippen LogP contribution is -2.51. The smallest absolute Gasteiger partial charge is 0.265 e. The van der Waals surface area contributed by atoms with Crippen LogP contribution in [0.15, 0.2) is 0 Å². The van der Waals surface area contributed by atoms with Crippen molar-refractivity contribution >= 4 is 0 Å². The molecule has 0 bridgehead atoms. The minimum atomic E-state index is -2.72. The molecule has 0 aromatic carbocycles.